The number of hydrogen-bond donors (Lipinski definition) is 1. The number of halogens is 1. The van der Waals surface area contributed by atoms with Gasteiger partial charge in [-0.3, -0.25) is 9.17 Å². The molecule has 3 aromatic rings. The minimum Gasteiger partial charge on any atom is -0.486 e. The fourth-order valence-electron chi connectivity index (χ4n) is 2.15. The molecule has 112 valence electrons. The van der Waals surface area contributed by atoms with Crippen molar-refractivity contribution in [2.75, 3.05) is 0 Å². The zero-order chi connectivity index (χ0) is 15.5. The highest BCUT2D eigenvalue weighted by Crippen LogP contribution is 2.27. The van der Waals surface area contributed by atoms with Crippen molar-refractivity contribution < 1.29 is 4.74 Å². The molecule has 1 aromatic heterocycles. The van der Waals surface area contributed by atoms with E-state index in [1.165, 1.54) is 11.5 Å². The van der Waals surface area contributed by atoms with Gasteiger partial charge in [-0.1, -0.05) is 39.6 Å². The number of rotatable bonds is 4. The van der Waals surface area contributed by atoms with E-state index in [2.05, 4.69) is 26.4 Å². The molecule has 0 spiro atoms. The summed E-state index contributed by atoms with van der Waals surface area (Å²) in [4.78, 5) is 12.1. The van der Waals surface area contributed by atoms with Crippen molar-refractivity contribution in [1.82, 2.24) is 4.37 Å². The molecule has 0 bridgehead atoms. The van der Waals surface area contributed by atoms with Gasteiger partial charge in [0.05, 0.1) is 4.88 Å². The molecule has 0 unspecified atom stereocenters. The van der Waals surface area contributed by atoms with Gasteiger partial charge in [0, 0.05) is 10.5 Å². The molecule has 0 saturated carbocycles. The maximum Gasteiger partial charge on any atom is 0.258 e. The van der Waals surface area contributed by atoms with E-state index in [0.29, 0.717) is 0 Å². The molecule has 1 N–H and O–H groups in total. The van der Waals surface area contributed by atoms with E-state index in [1.54, 1.807) is 6.07 Å². The molecule has 22 heavy (non-hydrogen) atoms. The van der Waals surface area contributed by atoms with E-state index in [9.17, 15) is 4.79 Å². The van der Waals surface area contributed by atoms with Gasteiger partial charge in [-0.2, -0.15) is 0 Å². The Balaban J connectivity index is 1.74. The molecule has 0 aliphatic heterocycles. The molecule has 2 aromatic carbocycles. The quantitative estimate of drug-likeness (QED) is 0.696. The van der Waals surface area contributed by atoms with Crippen LogP contribution in [0.4, 0.5) is 0 Å². The van der Waals surface area contributed by atoms with Crippen molar-refractivity contribution >= 4 is 27.5 Å². The van der Waals surface area contributed by atoms with Crippen LogP contribution in [-0.4, -0.2) is 4.37 Å². The van der Waals surface area contributed by atoms with Crippen LogP contribution in [0.1, 0.15) is 18.6 Å². The highest BCUT2D eigenvalue weighted by Gasteiger charge is 2.08. The van der Waals surface area contributed by atoms with Gasteiger partial charge in [0.15, 0.2) is 0 Å². The smallest absolute Gasteiger partial charge is 0.258 e. The van der Waals surface area contributed by atoms with Gasteiger partial charge in [-0.25, -0.2) is 0 Å². The first-order valence-electron chi connectivity index (χ1n) is 6.83. The topological polar surface area (TPSA) is 42.1 Å². The number of aromatic nitrogens is 1. The Labute approximate surface area is 140 Å². The molecule has 0 amide bonds. The van der Waals surface area contributed by atoms with E-state index in [-0.39, 0.29) is 11.7 Å². The number of benzene rings is 2. The van der Waals surface area contributed by atoms with Crippen LogP contribution >= 0.6 is 27.5 Å². The Bertz CT molecular complexity index is 823. The van der Waals surface area contributed by atoms with Crippen molar-refractivity contribution in [2.45, 2.75) is 13.0 Å². The third-order valence-electron chi connectivity index (χ3n) is 3.29. The van der Waals surface area contributed by atoms with Crippen molar-refractivity contribution in [3.8, 4) is 16.2 Å². The molecular formula is C17H14BrNO2S. The number of aromatic amines is 1. The summed E-state index contributed by atoms with van der Waals surface area (Å²) in [5.41, 5.74) is 2.05. The molecule has 3 nitrogen and oxygen atoms in total. The second kappa shape index (κ2) is 6.50. The predicted octanol–water partition coefficient (Wildman–Crippen LogP) is 5.01. The third-order valence-corrected chi connectivity index (χ3v) is 4.66. The summed E-state index contributed by atoms with van der Waals surface area (Å²) in [6.45, 7) is 2.02. The average molecular weight is 376 g/mol. The molecule has 5 heteroatoms. The van der Waals surface area contributed by atoms with Crippen LogP contribution in [0.5, 0.6) is 5.75 Å². The van der Waals surface area contributed by atoms with Gasteiger partial charge in [0.2, 0.25) is 0 Å². The Kier molecular flexibility index (Phi) is 4.45. The van der Waals surface area contributed by atoms with Gasteiger partial charge in [0.25, 0.3) is 5.56 Å². The van der Waals surface area contributed by atoms with Crippen LogP contribution in [0, 0.1) is 0 Å². The fourth-order valence-corrected chi connectivity index (χ4v) is 3.26. The van der Waals surface area contributed by atoms with Crippen LogP contribution in [0.2, 0.25) is 0 Å². The molecule has 0 aliphatic carbocycles. The zero-order valence-electron chi connectivity index (χ0n) is 11.9. The molecule has 1 heterocycles. The molecule has 0 fully saturated rings. The maximum atomic E-state index is 11.2. The maximum absolute atomic E-state index is 11.2. The molecular weight excluding hydrogens is 362 g/mol. The summed E-state index contributed by atoms with van der Waals surface area (Å²) in [6.07, 6.45) is -0.0355. The lowest BCUT2D eigenvalue weighted by molar-refractivity contribution is 0.227. The molecule has 3 rings (SSSR count). The number of ether oxygens (including phenoxy) is 1. The van der Waals surface area contributed by atoms with E-state index in [4.69, 9.17) is 4.74 Å². The van der Waals surface area contributed by atoms with Crippen molar-refractivity contribution in [3.05, 3.63) is 75.0 Å². The van der Waals surface area contributed by atoms with Gasteiger partial charge < -0.3 is 4.74 Å². The van der Waals surface area contributed by atoms with E-state index in [1.807, 2.05) is 49.4 Å². The Morgan fingerprint density at radius 2 is 1.91 bits per heavy atom. The monoisotopic (exact) mass is 375 g/mol. The summed E-state index contributed by atoms with van der Waals surface area (Å²) < 4.78 is 9.70. The van der Waals surface area contributed by atoms with Crippen LogP contribution in [0.25, 0.3) is 10.4 Å². The summed E-state index contributed by atoms with van der Waals surface area (Å²) in [6, 6.07) is 17.5. The van der Waals surface area contributed by atoms with E-state index in [0.717, 1.165) is 26.2 Å². The summed E-state index contributed by atoms with van der Waals surface area (Å²) in [5.74, 6) is 0.805. The predicted molar refractivity (Wildman–Crippen MR) is 93.6 cm³/mol. The fraction of sp³-hybridized carbons (Fsp3) is 0.118. The van der Waals surface area contributed by atoms with Crippen molar-refractivity contribution in [3.63, 3.8) is 0 Å². The van der Waals surface area contributed by atoms with Crippen LogP contribution < -0.4 is 10.3 Å². The minimum absolute atomic E-state index is 0.0355. The summed E-state index contributed by atoms with van der Waals surface area (Å²) in [5, 5.41) is 0. The normalized spacial score (nSPS) is 12.1. The summed E-state index contributed by atoms with van der Waals surface area (Å²) >= 11 is 4.81. The third kappa shape index (κ3) is 3.48. The average Bonchev–Trinajstić information content (AvgIpc) is 2.94. The molecule has 1 atom stereocenters. The lowest BCUT2D eigenvalue weighted by atomic mass is 10.1. The molecule has 0 saturated heterocycles. The van der Waals surface area contributed by atoms with Gasteiger partial charge in [-0.05, 0) is 54.4 Å². The Hall–Kier alpha value is -1.85. The van der Waals surface area contributed by atoms with Crippen LogP contribution in [0.3, 0.4) is 0 Å². The number of H-pyrrole nitrogens is 1. The largest absolute Gasteiger partial charge is 0.486 e. The lowest BCUT2D eigenvalue weighted by Crippen LogP contribution is -2.02. The number of nitrogens with one attached hydrogen (secondary N) is 1. The first-order chi connectivity index (χ1) is 10.6. The standard InChI is InChI=1S/C17H14BrNO2S/c1-11(13-3-2-4-14(18)9-13)21-15-7-5-12(6-8-15)16-10-17(20)19-22-16/h2-11H,1H3,(H,19,20)/t11-/m0/s1. The first kappa shape index (κ1) is 15.1. The molecule has 0 radical (unpaired) electrons. The minimum atomic E-state index is -0.0661. The second-order valence-electron chi connectivity index (χ2n) is 4.92. The summed E-state index contributed by atoms with van der Waals surface area (Å²) in [7, 11) is 0. The van der Waals surface area contributed by atoms with Gasteiger partial charge in [-0.15, -0.1) is 0 Å². The highest BCUT2D eigenvalue weighted by molar-refractivity contribution is 9.10. The zero-order valence-corrected chi connectivity index (χ0v) is 14.3. The Morgan fingerprint density at radius 1 is 1.14 bits per heavy atom. The second-order valence-corrected chi connectivity index (χ2v) is 6.68. The van der Waals surface area contributed by atoms with Crippen LogP contribution in [0.15, 0.2) is 63.9 Å². The SMILES string of the molecule is C[C@H](Oc1ccc(-c2cc(=O)[nH]s2)cc1)c1cccc(Br)c1. The van der Waals surface area contributed by atoms with Crippen molar-refractivity contribution in [2.24, 2.45) is 0 Å². The lowest BCUT2D eigenvalue weighted by Gasteiger charge is -2.15. The van der Waals surface area contributed by atoms with E-state index >= 15 is 0 Å². The van der Waals surface area contributed by atoms with Crippen LogP contribution in [-0.2, 0) is 0 Å². The Morgan fingerprint density at radius 3 is 2.55 bits per heavy atom. The molecule has 0 aliphatic rings. The number of hydrogen-bond acceptors (Lipinski definition) is 3. The van der Waals surface area contributed by atoms with Crippen molar-refractivity contribution in [1.29, 1.82) is 0 Å². The highest BCUT2D eigenvalue weighted by atomic mass is 79.9. The van der Waals surface area contributed by atoms with Gasteiger partial charge in [0.1, 0.15) is 11.9 Å². The van der Waals surface area contributed by atoms with Gasteiger partial charge >= 0.3 is 0 Å². The van der Waals surface area contributed by atoms with E-state index < -0.39 is 0 Å². The first-order valence-corrected chi connectivity index (χ1v) is 8.44.